The number of nitrogens with two attached hydrogens (primary N) is 1. The second-order valence-electron chi connectivity index (χ2n) is 4.29. The zero-order valence-corrected chi connectivity index (χ0v) is 11.6. The number of anilines is 2. The first-order valence-corrected chi connectivity index (χ1v) is 7.48. The molecule has 0 unspecified atom stereocenters. The van der Waals surface area contributed by atoms with Gasteiger partial charge in [0.1, 0.15) is 5.82 Å². The number of aromatic nitrogens is 3. The molecule has 0 amide bonds. The molecule has 0 atom stereocenters. The number of hydrogen-bond acceptors (Lipinski definition) is 6. The molecule has 0 saturated carbocycles. The van der Waals surface area contributed by atoms with E-state index in [2.05, 4.69) is 19.7 Å². The second-order valence-corrected chi connectivity index (χ2v) is 5.97. The molecule has 3 rings (SSSR count). The molecule has 0 radical (unpaired) electrons. The molecule has 0 bridgehead atoms. The van der Waals surface area contributed by atoms with E-state index in [1.165, 1.54) is 30.7 Å². The lowest BCUT2D eigenvalue weighted by atomic mass is 10.2. The Balaban J connectivity index is 2.01. The van der Waals surface area contributed by atoms with Crippen LogP contribution in [-0.2, 0) is 10.0 Å². The minimum atomic E-state index is -3.73. The average molecular weight is 301 g/mol. The summed E-state index contributed by atoms with van der Waals surface area (Å²) in [5, 5.41) is 0.686. The quantitative estimate of drug-likeness (QED) is 0.756. The van der Waals surface area contributed by atoms with Crippen molar-refractivity contribution >= 4 is 32.6 Å². The van der Waals surface area contributed by atoms with Crippen LogP contribution in [-0.4, -0.2) is 23.4 Å². The van der Waals surface area contributed by atoms with Gasteiger partial charge in [0.2, 0.25) is 0 Å². The van der Waals surface area contributed by atoms with E-state index in [4.69, 9.17) is 5.73 Å². The van der Waals surface area contributed by atoms with Crippen LogP contribution in [0.1, 0.15) is 0 Å². The van der Waals surface area contributed by atoms with E-state index >= 15 is 0 Å². The average Bonchev–Trinajstić information content (AvgIpc) is 2.47. The van der Waals surface area contributed by atoms with Gasteiger partial charge in [0.15, 0.2) is 5.82 Å². The fourth-order valence-corrected chi connectivity index (χ4v) is 2.86. The third-order valence-electron chi connectivity index (χ3n) is 2.79. The molecule has 7 nitrogen and oxygen atoms in total. The summed E-state index contributed by atoms with van der Waals surface area (Å²) >= 11 is 0. The third kappa shape index (κ3) is 2.75. The van der Waals surface area contributed by atoms with Gasteiger partial charge in [-0.05, 0) is 30.3 Å². The number of rotatable bonds is 3. The number of sulfonamides is 1. The van der Waals surface area contributed by atoms with Crippen LogP contribution in [0.3, 0.4) is 0 Å². The number of nitrogens with zero attached hydrogens (tertiary/aromatic N) is 3. The molecular weight excluding hydrogens is 290 g/mol. The highest BCUT2D eigenvalue weighted by Crippen LogP contribution is 2.20. The molecule has 2 heterocycles. The van der Waals surface area contributed by atoms with Crippen molar-refractivity contribution in [2.75, 3.05) is 10.5 Å². The van der Waals surface area contributed by atoms with Crippen LogP contribution in [0.15, 0.2) is 53.8 Å². The summed E-state index contributed by atoms with van der Waals surface area (Å²) in [7, 11) is -3.73. The Morgan fingerprint density at radius 3 is 2.71 bits per heavy atom. The van der Waals surface area contributed by atoms with E-state index in [1.54, 1.807) is 18.2 Å². The van der Waals surface area contributed by atoms with Gasteiger partial charge in [-0.15, -0.1) is 0 Å². The maximum atomic E-state index is 12.3. The Hall–Kier alpha value is -2.74. The first-order valence-electron chi connectivity index (χ1n) is 6.00. The Labute approximate surface area is 120 Å². The minimum Gasteiger partial charge on any atom is -0.384 e. The highest BCUT2D eigenvalue weighted by atomic mass is 32.2. The topological polar surface area (TPSA) is 111 Å². The number of fused-ring (bicyclic) bond motifs is 1. The van der Waals surface area contributed by atoms with Gasteiger partial charge in [-0.1, -0.05) is 0 Å². The molecule has 0 saturated heterocycles. The number of benzene rings is 1. The van der Waals surface area contributed by atoms with Crippen molar-refractivity contribution in [2.45, 2.75) is 4.90 Å². The Morgan fingerprint density at radius 2 is 1.95 bits per heavy atom. The molecule has 21 heavy (non-hydrogen) atoms. The first kappa shape index (κ1) is 13.3. The van der Waals surface area contributed by atoms with Crippen molar-refractivity contribution in [1.29, 1.82) is 0 Å². The van der Waals surface area contributed by atoms with Crippen LogP contribution in [0.2, 0.25) is 0 Å². The molecule has 0 aliphatic rings. The largest absolute Gasteiger partial charge is 0.384 e. The van der Waals surface area contributed by atoms with Crippen LogP contribution < -0.4 is 10.5 Å². The standard InChI is InChI=1S/C13H11N5O2S/c14-12-4-1-9-7-10(2-3-11(9)17-12)21(19,20)18-13-8-15-5-6-16-13/h1-8H,(H2,14,17)(H,16,18). The lowest BCUT2D eigenvalue weighted by Crippen LogP contribution is -2.14. The van der Waals surface area contributed by atoms with Gasteiger partial charge >= 0.3 is 0 Å². The molecule has 3 N–H and O–H groups in total. The molecule has 1 aromatic carbocycles. The Bertz CT molecular complexity index is 897. The van der Waals surface area contributed by atoms with Crippen molar-refractivity contribution in [3.8, 4) is 0 Å². The molecule has 2 aromatic heterocycles. The van der Waals surface area contributed by atoms with Gasteiger partial charge in [-0.2, -0.15) is 0 Å². The lowest BCUT2D eigenvalue weighted by Gasteiger charge is -2.07. The monoisotopic (exact) mass is 301 g/mol. The van der Waals surface area contributed by atoms with Crippen molar-refractivity contribution in [1.82, 2.24) is 15.0 Å². The maximum Gasteiger partial charge on any atom is 0.263 e. The van der Waals surface area contributed by atoms with E-state index in [0.717, 1.165) is 0 Å². The van der Waals surface area contributed by atoms with Crippen LogP contribution >= 0.6 is 0 Å². The predicted molar refractivity (Wildman–Crippen MR) is 79.0 cm³/mol. The summed E-state index contributed by atoms with van der Waals surface area (Å²) in [6, 6.07) is 7.94. The highest BCUT2D eigenvalue weighted by molar-refractivity contribution is 7.92. The summed E-state index contributed by atoms with van der Waals surface area (Å²) in [6.07, 6.45) is 4.20. The highest BCUT2D eigenvalue weighted by Gasteiger charge is 2.15. The number of hydrogen-bond donors (Lipinski definition) is 2. The van der Waals surface area contributed by atoms with E-state index in [0.29, 0.717) is 16.7 Å². The van der Waals surface area contributed by atoms with E-state index in [9.17, 15) is 8.42 Å². The number of pyridine rings is 1. The predicted octanol–water partition coefficient (Wildman–Crippen LogP) is 1.41. The third-order valence-corrected chi connectivity index (χ3v) is 4.15. The van der Waals surface area contributed by atoms with Crippen molar-refractivity contribution < 1.29 is 8.42 Å². The van der Waals surface area contributed by atoms with E-state index in [1.807, 2.05) is 0 Å². The van der Waals surface area contributed by atoms with Gasteiger partial charge in [-0.3, -0.25) is 9.71 Å². The van der Waals surface area contributed by atoms with Gasteiger partial charge in [-0.25, -0.2) is 18.4 Å². The first-order chi connectivity index (χ1) is 10.0. The van der Waals surface area contributed by atoms with Gasteiger partial charge in [0.25, 0.3) is 10.0 Å². The Morgan fingerprint density at radius 1 is 1.10 bits per heavy atom. The fourth-order valence-electron chi connectivity index (χ4n) is 1.83. The normalized spacial score (nSPS) is 11.4. The van der Waals surface area contributed by atoms with Crippen LogP contribution in [0.4, 0.5) is 11.6 Å². The zero-order valence-electron chi connectivity index (χ0n) is 10.8. The number of nitrogen functional groups attached to an aromatic ring is 1. The van der Waals surface area contributed by atoms with E-state index in [-0.39, 0.29) is 10.7 Å². The smallest absolute Gasteiger partial charge is 0.263 e. The van der Waals surface area contributed by atoms with Gasteiger partial charge in [0.05, 0.1) is 16.6 Å². The fraction of sp³-hybridized carbons (Fsp3) is 0. The summed E-state index contributed by atoms with van der Waals surface area (Å²) in [4.78, 5) is 11.9. The summed E-state index contributed by atoms with van der Waals surface area (Å²) in [5.74, 6) is 0.545. The summed E-state index contributed by atoms with van der Waals surface area (Å²) < 4.78 is 26.9. The van der Waals surface area contributed by atoms with Crippen LogP contribution in [0.5, 0.6) is 0 Å². The molecule has 3 aromatic rings. The lowest BCUT2D eigenvalue weighted by molar-refractivity contribution is 0.601. The molecule has 0 aliphatic heterocycles. The molecule has 106 valence electrons. The van der Waals surface area contributed by atoms with Crippen LogP contribution in [0, 0.1) is 0 Å². The zero-order chi connectivity index (χ0) is 14.9. The second kappa shape index (κ2) is 4.98. The van der Waals surface area contributed by atoms with Crippen molar-refractivity contribution in [2.24, 2.45) is 0 Å². The van der Waals surface area contributed by atoms with Gasteiger partial charge < -0.3 is 5.73 Å². The Kier molecular flexibility index (Phi) is 3.15. The molecule has 0 fully saturated rings. The SMILES string of the molecule is Nc1ccc2cc(S(=O)(=O)Nc3cnccn3)ccc2n1. The van der Waals surface area contributed by atoms with Gasteiger partial charge in [0, 0.05) is 17.8 Å². The molecule has 8 heteroatoms. The molecule has 0 aliphatic carbocycles. The number of nitrogens with one attached hydrogen (secondary N) is 1. The molecule has 0 spiro atoms. The maximum absolute atomic E-state index is 12.3. The van der Waals surface area contributed by atoms with E-state index < -0.39 is 10.0 Å². The summed E-state index contributed by atoms with van der Waals surface area (Å²) in [6.45, 7) is 0. The van der Waals surface area contributed by atoms with Crippen molar-refractivity contribution in [3.63, 3.8) is 0 Å². The van der Waals surface area contributed by atoms with Crippen molar-refractivity contribution in [3.05, 3.63) is 48.9 Å². The summed E-state index contributed by atoms with van der Waals surface area (Å²) in [5.41, 5.74) is 6.23. The van der Waals surface area contributed by atoms with Crippen LogP contribution in [0.25, 0.3) is 10.9 Å². The minimum absolute atomic E-state index is 0.118. The molecular formula is C13H11N5O2S.